The third kappa shape index (κ3) is 1.24. The Labute approximate surface area is 53.1 Å². The van der Waals surface area contributed by atoms with E-state index in [-0.39, 0.29) is 0 Å². The molecule has 0 saturated carbocycles. The molecular weight excluding hydrogens is 122 g/mol. The summed E-state index contributed by atoms with van der Waals surface area (Å²) in [6, 6.07) is 0. The highest BCUT2D eigenvalue weighted by atomic mass is 32.1. The van der Waals surface area contributed by atoms with Gasteiger partial charge in [-0.15, -0.1) is 12.6 Å². The molecule has 3 N–H and O–H groups in total. The average Bonchev–Trinajstić information content (AvgIpc) is 1.65. The van der Waals surface area contributed by atoms with Crippen LogP contribution in [0.15, 0.2) is 17.3 Å². The molecule has 1 aliphatic heterocycles. The maximum atomic E-state index is 5.38. The Morgan fingerprint density at radius 2 is 2.50 bits per heavy atom. The number of thiol groups is 1. The number of hydrogen-bond donors (Lipinski definition) is 3. The van der Waals surface area contributed by atoms with Gasteiger partial charge in [-0.25, -0.2) is 4.99 Å². The lowest BCUT2D eigenvalue weighted by Gasteiger charge is -2.19. The highest BCUT2D eigenvalue weighted by molar-refractivity contribution is 7.81. The van der Waals surface area contributed by atoms with Gasteiger partial charge in [0.25, 0.3) is 0 Å². The van der Waals surface area contributed by atoms with Gasteiger partial charge in [0, 0.05) is 12.4 Å². The summed E-state index contributed by atoms with van der Waals surface area (Å²) in [7, 11) is 0. The molecule has 0 aliphatic carbocycles. The molecule has 0 spiro atoms. The van der Waals surface area contributed by atoms with E-state index in [1.54, 1.807) is 18.5 Å². The summed E-state index contributed by atoms with van der Waals surface area (Å²) in [4.78, 5) is 3.78. The van der Waals surface area contributed by atoms with Crippen LogP contribution in [0.5, 0.6) is 0 Å². The molecule has 0 aromatic heterocycles. The van der Waals surface area contributed by atoms with Crippen LogP contribution in [0, 0.1) is 0 Å². The molecule has 0 bridgehead atoms. The van der Waals surface area contributed by atoms with Crippen LogP contribution in [0.3, 0.4) is 0 Å². The maximum Gasteiger partial charge on any atom is 0.229 e. The van der Waals surface area contributed by atoms with Crippen LogP contribution in [0.25, 0.3) is 0 Å². The first-order chi connectivity index (χ1) is 3.71. The Hall–Kier alpha value is -0.480. The predicted molar refractivity (Wildman–Crippen MR) is 36.7 cm³/mol. The molecule has 0 saturated heterocycles. The molecular formula is C4H7N3S. The van der Waals surface area contributed by atoms with E-state index in [1.165, 1.54) is 0 Å². The average molecular weight is 129 g/mol. The number of rotatable bonds is 0. The van der Waals surface area contributed by atoms with E-state index >= 15 is 0 Å². The lowest BCUT2D eigenvalue weighted by molar-refractivity contribution is 0.584. The van der Waals surface area contributed by atoms with Crippen molar-refractivity contribution in [1.29, 1.82) is 0 Å². The van der Waals surface area contributed by atoms with Gasteiger partial charge < -0.3 is 5.32 Å². The van der Waals surface area contributed by atoms with Gasteiger partial charge >= 0.3 is 0 Å². The van der Waals surface area contributed by atoms with E-state index in [1.807, 2.05) is 0 Å². The first-order valence-corrected chi connectivity index (χ1v) is 2.65. The van der Waals surface area contributed by atoms with Crippen LogP contribution in [0.2, 0.25) is 0 Å². The number of nitrogens with two attached hydrogens (primary N) is 1. The Bertz CT molecular complexity index is 138. The molecule has 1 atom stereocenters. The molecule has 0 aromatic rings. The summed E-state index contributed by atoms with van der Waals surface area (Å²) in [6.45, 7) is 0. The van der Waals surface area contributed by atoms with Crippen molar-refractivity contribution in [2.45, 2.75) is 5.12 Å². The third-order valence-corrected chi connectivity index (χ3v) is 0.994. The number of aliphatic imine (C=N–C) groups is 1. The molecule has 0 amide bonds. The second-order valence-corrected chi connectivity index (χ2v) is 2.19. The zero-order chi connectivity index (χ0) is 6.04. The standard InChI is InChI=1S/C4H7N3S/c5-4(8)6-2-1-3-7-4/h1-3,6,8H,5H2. The summed E-state index contributed by atoms with van der Waals surface area (Å²) in [5.41, 5.74) is 5.38. The van der Waals surface area contributed by atoms with Gasteiger partial charge in [0.1, 0.15) is 0 Å². The minimum Gasteiger partial charge on any atom is -0.347 e. The third-order valence-electron chi connectivity index (χ3n) is 0.749. The fourth-order valence-electron chi connectivity index (χ4n) is 0.408. The van der Waals surface area contributed by atoms with Crippen LogP contribution in [-0.4, -0.2) is 11.3 Å². The van der Waals surface area contributed by atoms with Gasteiger partial charge in [0.05, 0.1) is 0 Å². The molecule has 1 heterocycles. The van der Waals surface area contributed by atoms with E-state index in [4.69, 9.17) is 5.73 Å². The molecule has 1 aliphatic rings. The van der Waals surface area contributed by atoms with Crippen molar-refractivity contribution in [3.05, 3.63) is 12.3 Å². The summed E-state index contributed by atoms with van der Waals surface area (Å²) in [5, 5.41) is 1.83. The maximum absolute atomic E-state index is 5.38. The normalized spacial score (nSPS) is 34.8. The van der Waals surface area contributed by atoms with Crippen LogP contribution in [-0.2, 0) is 0 Å². The van der Waals surface area contributed by atoms with Crippen molar-refractivity contribution in [1.82, 2.24) is 5.32 Å². The molecule has 0 aromatic carbocycles. The first-order valence-electron chi connectivity index (χ1n) is 2.20. The minimum absolute atomic E-state index is 0.894. The lowest BCUT2D eigenvalue weighted by atomic mass is 10.6. The van der Waals surface area contributed by atoms with E-state index in [0.717, 1.165) is 0 Å². The highest BCUT2D eigenvalue weighted by Gasteiger charge is 2.14. The topological polar surface area (TPSA) is 50.4 Å². The van der Waals surface area contributed by atoms with Gasteiger partial charge in [-0.05, 0) is 6.08 Å². The van der Waals surface area contributed by atoms with Crippen molar-refractivity contribution in [2.24, 2.45) is 10.7 Å². The molecule has 0 radical (unpaired) electrons. The highest BCUT2D eigenvalue weighted by Crippen LogP contribution is 2.04. The Kier molecular flexibility index (Phi) is 1.27. The fourth-order valence-corrected chi connectivity index (χ4v) is 0.549. The van der Waals surface area contributed by atoms with Crippen molar-refractivity contribution in [2.75, 3.05) is 0 Å². The second-order valence-electron chi connectivity index (χ2n) is 1.51. The van der Waals surface area contributed by atoms with Gasteiger partial charge in [-0.2, -0.15) is 0 Å². The first kappa shape index (κ1) is 5.65. The van der Waals surface area contributed by atoms with E-state index in [0.29, 0.717) is 0 Å². The van der Waals surface area contributed by atoms with Gasteiger partial charge in [-0.1, -0.05) is 0 Å². The van der Waals surface area contributed by atoms with Crippen molar-refractivity contribution in [3.63, 3.8) is 0 Å². The predicted octanol–water partition coefficient (Wildman–Crippen LogP) is -0.326. The molecule has 44 valence electrons. The van der Waals surface area contributed by atoms with Gasteiger partial charge in [0.2, 0.25) is 5.12 Å². The zero-order valence-corrected chi connectivity index (χ0v) is 5.10. The second kappa shape index (κ2) is 1.80. The molecule has 1 unspecified atom stereocenters. The number of nitrogens with one attached hydrogen (secondary N) is 1. The van der Waals surface area contributed by atoms with Crippen LogP contribution in [0.4, 0.5) is 0 Å². The molecule has 1 rings (SSSR count). The van der Waals surface area contributed by atoms with Crippen molar-refractivity contribution < 1.29 is 0 Å². The smallest absolute Gasteiger partial charge is 0.229 e. The summed E-state index contributed by atoms with van der Waals surface area (Å²) < 4.78 is 0. The lowest BCUT2D eigenvalue weighted by Crippen LogP contribution is -2.45. The van der Waals surface area contributed by atoms with Crippen molar-refractivity contribution >= 4 is 18.8 Å². The number of allylic oxidation sites excluding steroid dienone is 1. The van der Waals surface area contributed by atoms with Crippen LogP contribution >= 0.6 is 12.6 Å². The zero-order valence-electron chi connectivity index (χ0n) is 4.20. The molecule has 4 heteroatoms. The molecule has 8 heavy (non-hydrogen) atoms. The summed E-state index contributed by atoms with van der Waals surface area (Å²) in [5.74, 6) is 0. The van der Waals surface area contributed by atoms with Gasteiger partial charge in [-0.3, -0.25) is 5.73 Å². The quantitative estimate of drug-likeness (QED) is 0.310. The van der Waals surface area contributed by atoms with E-state index < -0.39 is 5.12 Å². The number of nitrogens with zero attached hydrogens (tertiary/aromatic N) is 1. The SMILES string of the molecule is NC1(S)N=CC=CN1. The Morgan fingerprint density at radius 1 is 1.75 bits per heavy atom. The Balaban J connectivity index is 2.65. The number of hydrogen-bond acceptors (Lipinski definition) is 4. The van der Waals surface area contributed by atoms with E-state index in [9.17, 15) is 0 Å². The van der Waals surface area contributed by atoms with Crippen LogP contribution < -0.4 is 11.1 Å². The van der Waals surface area contributed by atoms with Crippen LogP contribution in [0.1, 0.15) is 0 Å². The largest absolute Gasteiger partial charge is 0.347 e. The fraction of sp³-hybridized carbons (Fsp3) is 0.250. The van der Waals surface area contributed by atoms with Gasteiger partial charge in [0.15, 0.2) is 0 Å². The van der Waals surface area contributed by atoms with E-state index in [2.05, 4.69) is 22.9 Å². The summed E-state index contributed by atoms with van der Waals surface area (Å²) >= 11 is 3.94. The Morgan fingerprint density at radius 3 is 2.75 bits per heavy atom. The van der Waals surface area contributed by atoms with Crippen molar-refractivity contribution in [3.8, 4) is 0 Å². The summed E-state index contributed by atoms with van der Waals surface area (Å²) in [6.07, 6.45) is 5.05. The monoisotopic (exact) mass is 129 g/mol. The minimum atomic E-state index is -0.894. The molecule has 3 nitrogen and oxygen atoms in total. The molecule has 0 fully saturated rings.